The highest BCUT2D eigenvalue weighted by Gasteiger charge is 2.03. The number of aliphatic hydroxyl groups is 2. The van der Waals surface area contributed by atoms with Gasteiger partial charge in [-0.15, -0.1) is 0 Å². The molecule has 0 atom stereocenters. The molecule has 104 valence electrons. The first-order valence-electron chi connectivity index (χ1n) is 6.82. The molecule has 0 aliphatic heterocycles. The average molecular weight is 261 g/mol. The monoisotopic (exact) mass is 261 g/mol. The van der Waals surface area contributed by atoms with Crippen molar-refractivity contribution >= 4 is 0 Å². The summed E-state index contributed by atoms with van der Waals surface area (Å²) >= 11 is 0. The fourth-order valence-electron chi connectivity index (χ4n) is 1.87. The Morgan fingerprint density at radius 1 is 1.21 bits per heavy atom. The third kappa shape index (κ3) is 6.40. The minimum Gasteiger partial charge on any atom is -0.396 e. The van der Waals surface area contributed by atoms with Crippen molar-refractivity contribution < 1.29 is 10.2 Å². The fraction of sp³-hybridized carbons (Fsp3) is 0.500. The van der Waals surface area contributed by atoms with Crippen molar-refractivity contribution in [2.45, 2.75) is 26.3 Å². The van der Waals surface area contributed by atoms with Gasteiger partial charge < -0.3 is 10.2 Å². The van der Waals surface area contributed by atoms with E-state index in [2.05, 4.69) is 35.8 Å². The third-order valence-corrected chi connectivity index (χ3v) is 2.88. The Morgan fingerprint density at radius 3 is 2.74 bits per heavy atom. The Hall–Kier alpha value is -1.34. The standard InChI is InChI=1S/C16H23NO2/c1-2-17(10-6-12-19)14-16-9-5-8-15(13-16)7-3-4-11-18/h5,8-9,13,18-19H,2,4,6,10-12,14H2,1H3. The molecule has 0 aliphatic rings. The molecular weight excluding hydrogens is 238 g/mol. The average Bonchev–Trinajstić information content (AvgIpc) is 2.44. The van der Waals surface area contributed by atoms with Gasteiger partial charge in [-0.05, 0) is 30.7 Å². The van der Waals surface area contributed by atoms with Crippen LogP contribution in [0.5, 0.6) is 0 Å². The second kappa shape index (κ2) is 9.57. The van der Waals surface area contributed by atoms with Crippen LogP contribution in [0.25, 0.3) is 0 Å². The van der Waals surface area contributed by atoms with Gasteiger partial charge in [-0.1, -0.05) is 30.9 Å². The lowest BCUT2D eigenvalue weighted by molar-refractivity contribution is 0.225. The Labute approximate surface area is 115 Å². The zero-order chi connectivity index (χ0) is 13.9. The van der Waals surface area contributed by atoms with E-state index in [1.807, 2.05) is 12.1 Å². The van der Waals surface area contributed by atoms with Crippen LogP contribution in [0.3, 0.4) is 0 Å². The smallest absolute Gasteiger partial charge is 0.0540 e. The van der Waals surface area contributed by atoms with Crippen LogP contribution in [0, 0.1) is 11.8 Å². The molecule has 0 saturated heterocycles. The zero-order valence-electron chi connectivity index (χ0n) is 11.6. The molecule has 1 rings (SSSR count). The van der Waals surface area contributed by atoms with E-state index in [0.717, 1.165) is 31.6 Å². The van der Waals surface area contributed by atoms with Crippen LogP contribution in [0.1, 0.15) is 30.9 Å². The van der Waals surface area contributed by atoms with E-state index < -0.39 is 0 Å². The number of hydrogen-bond acceptors (Lipinski definition) is 3. The summed E-state index contributed by atoms with van der Waals surface area (Å²) in [5, 5.41) is 17.6. The molecule has 19 heavy (non-hydrogen) atoms. The first kappa shape index (κ1) is 15.7. The second-order valence-electron chi connectivity index (χ2n) is 4.42. The maximum Gasteiger partial charge on any atom is 0.0540 e. The van der Waals surface area contributed by atoms with Crippen molar-refractivity contribution in [3.8, 4) is 11.8 Å². The van der Waals surface area contributed by atoms with Gasteiger partial charge in [0.05, 0.1) is 6.61 Å². The summed E-state index contributed by atoms with van der Waals surface area (Å²) in [6.07, 6.45) is 1.33. The van der Waals surface area contributed by atoms with Crippen LogP contribution in [0.15, 0.2) is 24.3 Å². The SMILES string of the molecule is CCN(CCCO)Cc1cccc(C#CCCO)c1. The molecule has 2 N–H and O–H groups in total. The maximum absolute atomic E-state index is 8.88. The van der Waals surface area contributed by atoms with Crippen molar-refractivity contribution in [1.29, 1.82) is 0 Å². The van der Waals surface area contributed by atoms with E-state index in [1.54, 1.807) is 0 Å². The first-order valence-corrected chi connectivity index (χ1v) is 6.82. The highest BCUT2D eigenvalue weighted by Crippen LogP contribution is 2.08. The fourth-order valence-corrected chi connectivity index (χ4v) is 1.87. The number of benzene rings is 1. The van der Waals surface area contributed by atoms with Gasteiger partial charge in [0.25, 0.3) is 0 Å². The van der Waals surface area contributed by atoms with E-state index in [-0.39, 0.29) is 13.2 Å². The summed E-state index contributed by atoms with van der Waals surface area (Å²) in [7, 11) is 0. The minimum atomic E-state index is 0.109. The summed E-state index contributed by atoms with van der Waals surface area (Å²) in [5.74, 6) is 5.99. The number of aliphatic hydroxyl groups excluding tert-OH is 2. The normalized spacial score (nSPS) is 10.3. The van der Waals surface area contributed by atoms with Crippen molar-refractivity contribution in [1.82, 2.24) is 4.90 Å². The van der Waals surface area contributed by atoms with Gasteiger partial charge in [0.1, 0.15) is 0 Å². The van der Waals surface area contributed by atoms with E-state index in [4.69, 9.17) is 10.2 Å². The summed E-state index contributed by atoms with van der Waals surface area (Å²) in [6, 6.07) is 8.18. The van der Waals surface area contributed by atoms with Crippen molar-refractivity contribution in [3.63, 3.8) is 0 Å². The zero-order valence-corrected chi connectivity index (χ0v) is 11.6. The molecule has 0 bridgehead atoms. The topological polar surface area (TPSA) is 43.7 Å². The van der Waals surface area contributed by atoms with Crippen LogP contribution < -0.4 is 0 Å². The molecule has 3 heteroatoms. The van der Waals surface area contributed by atoms with Gasteiger partial charge in [0.15, 0.2) is 0 Å². The lowest BCUT2D eigenvalue weighted by Gasteiger charge is -2.19. The lowest BCUT2D eigenvalue weighted by atomic mass is 10.1. The minimum absolute atomic E-state index is 0.109. The molecule has 0 spiro atoms. The van der Waals surface area contributed by atoms with Crippen molar-refractivity contribution in [2.75, 3.05) is 26.3 Å². The van der Waals surface area contributed by atoms with Gasteiger partial charge in [-0.25, -0.2) is 0 Å². The first-order chi connectivity index (χ1) is 9.30. The molecule has 0 amide bonds. The molecule has 1 aromatic carbocycles. The third-order valence-electron chi connectivity index (χ3n) is 2.88. The second-order valence-corrected chi connectivity index (χ2v) is 4.42. The number of hydrogen-bond donors (Lipinski definition) is 2. The molecule has 0 aromatic heterocycles. The van der Waals surface area contributed by atoms with Crippen LogP contribution in [-0.4, -0.2) is 41.4 Å². The van der Waals surface area contributed by atoms with E-state index in [9.17, 15) is 0 Å². The Morgan fingerprint density at radius 2 is 2.05 bits per heavy atom. The Bertz CT molecular complexity index is 420. The highest BCUT2D eigenvalue weighted by molar-refractivity contribution is 5.37. The molecule has 0 fully saturated rings. The summed E-state index contributed by atoms with van der Waals surface area (Å²) in [6.45, 7) is 5.24. The molecule has 3 nitrogen and oxygen atoms in total. The summed E-state index contributed by atoms with van der Waals surface area (Å²) in [5.41, 5.74) is 2.22. The predicted octanol–water partition coefficient (Wildman–Crippen LogP) is 1.62. The lowest BCUT2D eigenvalue weighted by Crippen LogP contribution is -2.24. The quantitative estimate of drug-likeness (QED) is 0.733. The largest absolute Gasteiger partial charge is 0.396 e. The van der Waals surface area contributed by atoms with Gasteiger partial charge >= 0.3 is 0 Å². The van der Waals surface area contributed by atoms with Crippen molar-refractivity contribution in [3.05, 3.63) is 35.4 Å². The Balaban J connectivity index is 2.63. The van der Waals surface area contributed by atoms with Crippen LogP contribution >= 0.6 is 0 Å². The highest BCUT2D eigenvalue weighted by atomic mass is 16.3. The molecule has 0 unspecified atom stereocenters. The molecule has 0 aliphatic carbocycles. The van der Waals surface area contributed by atoms with E-state index >= 15 is 0 Å². The maximum atomic E-state index is 8.88. The van der Waals surface area contributed by atoms with Crippen LogP contribution in [0.2, 0.25) is 0 Å². The van der Waals surface area contributed by atoms with Gasteiger partial charge in [0.2, 0.25) is 0 Å². The number of rotatable bonds is 7. The van der Waals surface area contributed by atoms with Crippen LogP contribution in [0.4, 0.5) is 0 Å². The van der Waals surface area contributed by atoms with Gasteiger partial charge in [-0.3, -0.25) is 4.90 Å². The molecule has 1 aromatic rings. The van der Waals surface area contributed by atoms with Crippen molar-refractivity contribution in [2.24, 2.45) is 0 Å². The van der Waals surface area contributed by atoms with Gasteiger partial charge in [0, 0.05) is 31.7 Å². The summed E-state index contributed by atoms with van der Waals surface area (Å²) in [4.78, 5) is 2.30. The molecular formula is C16H23NO2. The Kier molecular flexibility index (Phi) is 7.92. The molecule has 0 heterocycles. The van der Waals surface area contributed by atoms with Crippen LogP contribution in [-0.2, 0) is 6.54 Å². The van der Waals surface area contributed by atoms with E-state index in [0.29, 0.717) is 6.42 Å². The van der Waals surface area contributed by atoms with E-state index in [1.165, 1.54) is 5.56 Å². The molecule has 0 saturated carbocycles. The molecule has 0 radical (unpaired) electrons. The summed E-state index contributed by atoms with van der Waals surface area (Å²) < 4.78 is 0. The number of nitrogens with zero attached hydrogens (tertiary/aromatic N) is 1. The van der Waals surface area contributed by atoms with Gasteiger partial charge in [-0.2, -0.15) is 0 Å². The predicted molar refractivity (Wildman–Crippen MR) is 77.7 cm³/mol.